The van der Waals surface area contributed by atoms with Crippen LogP contribution in [0.2, 0.25) is 0 Å². The summed E-state index contributed by atoms with van der Waals surface area (Å²) in [5.74, 6) is 1.91. The highest BCUT2D eigenvalue weighted by Crippen LogP contribution is 2.34. The van der Waals surface area contributed by atoms with Crippen LogP contribution in [0, 0.1) is 27.7 Å². The van der Waals surface area contributed by atoms with Gasteiger partial charge in [0.15, 0.2) is 0 Å². The summed E-state index contributed by atoms with van der Waals surface area (Å²) in [7, 11) is 1.72. The largest absolute Gasteiger partial charge is 0.496 e. The fourth-order valence-corrected chi connectivity index (χ4v) is 2.66. The molecule has 0 aliphatic heterocycles. The molecule has 0 bridgehead atoms. The lowest BCUT2D eigenvalue weighted by Gasteiger charge is -2.15. The van der Waals surface area contributed by atoms with Gasteiger partial charge in [-0.25, -0.2) is 4.98 Å². The van der Waals surface area contributed by atoms with Crippen molar-refractivity contribution >= 4 is 0 Å². The number of aromatic nitrogens is 2. The molecule has 0 aliphatic carbocycles. The number of nitrogens with two attached hydrogens (primary N) is 1. The Labute approximate surface area is 120 Å². The molecule has 1 aromatic carbocycles. The van der Waals surface area contributed by atoms with Crippen molar-refractivity contribution < 1.29 is 4.74 Å². The molecule has 2 aromatic rings. The molecule has 0 radical (unpaired) electrons. The van der Waals surface area contributed by atoms with Crippen molar-refractivity contribution in [2.75, 3.05) is 13.7 Å². The van der Waals surface area contributed by atoms with E-state index >= 15 is 0 Å². The number of benzene rings is 1. The zero-order valence-electron chi connectivity index (χ0n) is 12.9. The number of aromatic amines is 1. The van der Waals surface area contributed by atoms with E-state index in [0.717, 1.165) is 40.5 Å². The predicted molar refractivity (Wildman–Crippen MR) is 82.3 cm³/mol. The molecule has 4 heteroatoms. The third-order valence-corrected chi connectivity index (χ3v) is 3.80. The number of imidazole rings is 1. The molecule has 0 saturated heterocycles. The molecule has 3 N–H and O–H groups in total. The van der Waals surface area contributed by atoms with Crippen LogP contribution in [0.5, 0.6) is 5.75 Å². The second-order valence-corrected chi connectivity index (χ2v) is 5.22. The standard InChI is InChI=1S/C16H23N3O/c1-9-8-13(10(2)11(3)16(9)20-5)15-12(4)18-14(19-15)6-7-17/h8H,6-7,17H2,1-5H3,(H,18,19). The Morgan fingerprint density at radius 2 is 1.90 bits per heavy atom. The molecule has 0 aliphatic rings. The highest BCUT2D eigenvalue weighted by molar-refractivity contribution is 5.70. The summed E-state index contributed by atoms with van der Waals surface area (Å²) in [6.07, 6.45) is 0.772. The zero-order chi connectivity index (χ0) is 14.9. The third kappa shape index (κ3) is 2.43. The number of nitrogens with zero attached hydrogens (tertiary/aromatic N) is 1. The molecule has 0 saturated carbocycles. The summed E-state index contributed by atoms with van der Waals surface area (Å²) in [4.78, 5) is 8.01. The molecule has 0 spiro atoms. The van der Waals surface area contributed by atoms with Crippen LogP contribution >= 0.6 is 0 Å². The number of hydrogen-bond acceptors (Lipinski definition) is 3. The molecule has 0 fully saturated rings. The number of rotatable bonds is 4. The van der Waals surface area contributed by atoms with Crippen LogP contribution in [0.15, 0.2) is 6.07 Å². The van der Waals surface area contributed by atoms with E-state index in [2.05, 4.69) is 38.7 Å². The topological polar surface area (TPSA) is 63.9 Å². The monoisotopic (exact) mass is 273 g/mol. The average molecular weight is 273 g/mol. The summed E-state index contributed by atoms with van der Waals surface area (Å²) in [5, 5.41) is 0. The van der Waals surface area contributed by atoms with Crippen LogP contribution in [-0.4, -0.2) is 23.6 Å². The van der Waals surface area contributed by atoms with E-state index in [1.165, 1.54) is 11.1 Å². The number of H-pyrrole nitrogens is 1. The molecule has 0 atom stereocenters. The van der Waals surface area contributed by atoms with E-state index in [1.807, 2.05) is 0 Å². The predicted octanol–water partition coefficient (Wildman–Crippen LogP) is 2.82. The molecular weight excluding hydrogens is 250 g/mol. The van der Waals surface area contributed by atoms with Gasteiger partial charge >= 0.3 is 0 Å². The van der Waals surface area contributed by atoms with Gasteiger partial charge < -0.3 is 15.5 Å². The SMILES string of the molecule is COc1c(C)cc(-c2nc(CCN)[nH]c2C)c(C)c1C. The smallest absolute Gasteiger partial charge is 0.124 e. The number of ether oxygens (including phenoxy) is 1. The molecular formula is C16H23N3O. The second-order valence-electron chi connectivity index (χ2n) is 5.22. The van der Waals surface area contributed by atoms with Crippen molar-refractivity contribution in [1.29, 1.82) is 0 Å². The molecule has 0 unspecified atom stereocenters. The Kier molecular flexibility index (Phi) is 4.14. The molecule has 1 aromatic heterocycles. The summed E-state index contributed by atoms with van der Waals surface area (Å²) >= 11 is 0. The maximum Gasteiger partial charge on any atom is 0.124 e. The highest BCUT2D eigenvalue weighted by atomic mass is 16.5. The number of hydrogen-bond donors (Lipinski definition) is 2. The van der Waals surface area contributed by atoms with Gasteiger partial charge in [0.1, 0.15) is 11.6 Å². The molecule has 4 nitrogen and oxygen atoms in total. The molecule has 108 valence electrons. The fourth-order valence-electron chi connectivity index (χ4n) is 2.66. The maximum atomic E-state index is 5.60. The first-order valence-corrected chi connectivity index (χ1v) is 6.90. The summed E-state index contributed by atoms with van der Waals surface area (Å²) in [5.41, 5.74) is 12.4. The van der Waals surface area contributed by atoms with Gasteiger partial charge in [0.25, 0.3) is 0 Å². The number of aryl methyl sites for hydroxylation is 2. The van der Waals surface area contributed by atoms with E-state index in [0.29, 0.717) is 6.54 Å². The molecule has 2 rings (SSSR count). The fraction of sp³-hybridized carbons (Fsp3) is 0.438. The van der Waals surface area contributed by atoms with Crippen molar-refractivity contribution in [2.45, 2.75) is 34.1 Å². The van der Waals surface area contributed by atoms with Crippen LogP contribution in [0.3, 0.4) is 0 Å². The Bertz CT molecular complexity index is 629. The van der Waals surface area contributed by atoms with Gasteiger partial charge in [-0.2, -0.15) is 0 Å². The Balaban J connectivity index is 2.58. The van der Waals surface area contributed by atoms with E-state index in [1.54, 1.807) is 7.11 Å². The minimum atomic E-state index is 0.603. The van der Waals surface area contributed by atoms with Crippen LogP contribution < -0.4 is 10.5 Å². The van der Waals surface area contributed by atoms with E-state index in [4.69, 9.17) is 15.5 Å². The van der Waals surface area contributed by atoms with Gasteiger partial charge in [0.2, 0.25) is 0 Å². The Morgan fingerprint density at radius 1 is 1.20 bits per heavy atom. The van der Waals surface area contributed by atoms with E-state index in [9.17, 15) is 0 Å². The van der Waals surface area contributed by atoms with E-state index < -0.39 is 0 Å². The lowest BCUT2D eigenvalue weighted by atomic mass is 9.96. The van der Waals surface area contributed by atoms with Crippen molar-refractivity contribution in [3.05, 3.63) is 34.3 Å². The maximum absolute atomic E-state index is 5.60. The minimum Gasteiger partial charge on any atom is -0.496 e. The van der Waals surface area contributed by atoms with E-state index in [-0.39, 0.29) is 0 Å². The van der Waals surface area contributed by atoms with Gasteiger partial charge in [-0.1, -0.05) is 0 Å². The lowest BCUT2D eigenvalue weighted by molar-refractivity contribution is 0.408. The summed E-state index contributed by atoms with van der Waals surface area (Å²) in [6, 6.07) is 2.15. The van der Waals surface area contributed by atoms with Crippen LogP contribution in [-0.2, 0) is 6.42 Å². The van der Waals surface area contributed by atoms with Gasteiger partial charge in [-0.15, -0.1) is 0 Å². The number of methoxy groups -OCH3 is 1. The van der Waals surface area contributed by atoms with Crippen LogP contribution in [0.25, 0.3) is 11.3 Å². The van der Waals surface area contributed by atoms with Gasteiger partial charge in [0, 0.05) is 17.7 Å². The summed E-state index contributed by atoms with van der Waals surface area (Å²) < 4.78 is 5.48. The Morgan fingerprint density at radius 3 is 2.50 bits per heavy atom. The Hall–Kier alpha value is -1.81. The van der Waals surface area contributed by atoms with Crippen LogP contribution in [0.1, 0.15) is 28.2 Å². The van der Waals surface area contributed by atoms with Crippen molar-refractivity contribution in [1.82, 2.24) is 9.97 Å². The average Bonchev–Trinajstić information content (AvgIpc) is 2.76. The molecule has 1 heterocycles. The lowest BCUT2D eigenvalue weighted by Crippen LogP contribution is -2.04. The second kappa shape index (κ2) is 5.67. The summed E-state index contributed by atoms with van der Waals surface area (Å²) in [6.45, 7) is 8.93. The molecule has 20 heavy (non-hydrogen) atoms. The third-order valence-electron chi connectivity index (χ3n) is 3.80. The first kappa shape index (κ1) is 14.6. The minimum absolute atomic E-state index is 0.603. The first-order valence-electron chi connectivity index (χ1n) is 6.90. The van der Waals surface area contributed by atoms with Crippen molar-refractivity contribution in [2.24, 2.45) is 5.73 Å². The number of nitrogens with one attached hydrogen (secondary N) is 1. The highest BCUT2D eigenvalue weighted by Gasteiger charge is 2.16. The zero-order valence-corrected chi connectivity index (χ0v) is 12.9. The van der Waals surface area contributed by atoms with Crippen LogP contribution in [0.4, 0.5) is 0 Å². The normalized spacial score (nSPS) is 10.9. The van der Waals surface area contributed by atoms with Gasteiger partial charge in [-0.05, 0) is 57.0 Å². The van der Waals surface area contributed by atoms with Crippen molar-refractivity contribution in [3.63, 3.8) is 0 Å². The quantitative estimate of drug-likeness (QED) is 0.900. The van der Waals surface area contributed by atoms with Gasteiger partial charge in [0.05, 0.1) is 12.8 Å². The molecule has 0 amide bonds. The van der Waals surface area contributed by atoms with Gasteiger partial charge in [-0.3, -0.25) is 0 Å². The van der Waals surface area contributed by atoms with Crippen molar-refractivity contribution in [3.8, 4) is 17.0 Å². The first-order chi connectivity index (χ1) is 9.49.